The van der Waals surface area contributed by atoms with Gasteiger partial charge in [0.25, 0.3) is 0 Å². The summed E-state index contributed by atoms with van der Waals surface area (Å²) in [5, 5.41) is 4.81. The van der Waals surface area contributed by atoms with Crippen LogP contribution in [0.5, 0.6) is 0 Å². The van der Waals surface area contributed by atoms with Crippen molar-refractivity contribution in [1.29, 1.82) is 0 Å². The molecule has 0 aliphatic rings. The lowest BCUT2D eigenvalue weighted by Gasteiger charge is -2.04. The van der Waals surface area contributed by atoms with Crippen LogP contribution in [0, 0.1) is 6.92 Å². The topological polar surface area (TPSA) is 52.8 Å². The Balaban J connectivity index is 2.43. The molecular formula is C10H12Cl2N4O. The average molecular weight is 275 g/mol. The number of halogens is 2. The molecule has 0 unspecified atom stereocenters. The molecule has 0 aromatic carbocycles. The van der Waals surface area contributed by atoms with Crippen molar-refractivity contribution in [2.75, 3.05) is 13.2 Å². The van der Waals surface area contributed by atoms with E-state index in [0.29, 0.717) is 35.9 Å². The second-order valence-corrected chi connectivity index (χ2v) is 4.18. The van der Waals surface area contributed by atoms with Gasteiger partial charge in [0.1, 0.15) is 11.0 Å². The summed E-state index contributed by atoms with van der Waals surface area (Å²) in [7, 11) is 0. The molecule has 2 aromatic heterocycles. The van der Waals surface area contributed by atoms with Gasteiger partial charge in [0.2, 0.25) is 5.28 Å². The Hall–Kier alpha value is -0.910. The minimum Gasteiger partial charge on any atom is -0.380 e. The molecule has 0 bridgehead atoms. The maximum Gasteiger partial charge on any atom is 0.224 e. The van der Waals surface area contributed by atoms with Crippen LogP contribution >= 0.6 is 23.2 Å². The summed E-state index contributed by atoms with van der Waals surface area (Å²) in [5.41, 5.74) is 2.17. The number of fused-ring (bicyclic) bond motifs is 1. The fraction of sp³-hybridized carbons (Fsp3) is 0.500. The van der Waals surface area contributed by atoms with Crippen molar-refractivity contribution in [3.8, 4) is 0 Å². The van der Waals surface area contributed by atoms with Crippen molar-refractivity contribution in [2.45, 2.75) is 20.4 Å². The van der Waals surface area contributed by atoms with Gasteiger partial charge in [-0.1, -0.05) is 11.6 Å². The molecule has 0 aliphatic carbocycles. The predicted octanol–water partition coefficient (Wildman–Crippen LogP) is 2.48. The molecule has 0 spiro atoms. The predicted molar refractivity (Wildman–Crippen MR) is 66.6 cm³/mol. The molecule has 2 rings (SSSR count). The zero-order chi connectivity index (χ0) is 12.4. The van der Waals surface area contributed by atoms with Gasteiger partial charge in [-0.05, 0) is 25.4 Å². The monoisotopic (exact) mass is 274 g/mol. The van der Waals surface area contributed by atoms with Crippen LogP contribution in [0.25, 0.3) is 11.0 Å². The average Bonchev–Trinajstić information content (AvgIpc) is 2.56. The van der Waals surface area contributed by atoms with E-state index >= 15 is 0 Å². The molecule has 7 heteroatoms. The van der Waals surface area contributed by atoms with E-state index in [1.165, 1.54) is 0 Å². The first kappa shape index (κ1) is 12.5. The highest BCUT2D eigenvalue weighted by Gasteiger charge is 2.14. The lowest BCUT2D eigenvalue weighted by atomic mass is 10.4. The Morgan fingerprint density at radius 1 is 1.29 bits per heavy atom. The van der Waals surface area contributed by atoms with Crippen LogP contribution in [0.3, 0.4) is 0 Å². The molecule has 0 N–H and O–H groups in total. The first-order valence-electron chi connectivity index (χ1n) is 5.27. The second-order valence-electron chi connectivity index (χ2n) is 3.49. The Kier molecular flexibility index (Phi) is 3.81. The van der Waals surface area contributed by atoms with E-state index in [2.05, 4.69) is 15.1 Å². The highest BCUT2D eigenvalue weighted by Crippen LogP contribution is 2.24. The fourth-order valence-corrected chi connectivity index (χ4v) is 2.10. The molecule has 0 fully saturated rings. The number of rotatable bonds is 4. The Morgan fingerprint density at radius 3 is 2.76 bits per heavy atom. The van der Waals surface area contributed by atoms with Gasteiger partial charge in [0.15, 0.2) is 5.15 Å². The van der Waals surface area contributed by atoms with Gasteiger partial charge in [0, 0.05) is 6.61 Å². The standard InChI is InChI=1S/C10H12Cl2N4O/c1-3-17-5-4-16-8-7(6(2)15-16)13-10(12)14-9(8)11/h3-5H2,1-2H3. The van der Waals surface area contributed by atoms with Gasteiger partial charge < -0.3 is 4.74 Å². The molecular weight excluding hydrogens is 263 g/mol. The summed E-state index contributed by atoms with van der Waals surface area (Å²) < 4.78 is 7.04. The van der Waals surface area contributed by atoms with Gasteiger partial charge in [0.05, 0.1) is 18.8 Å². The zero-order valence-corrected chi connectivity index (χ0v) is 11.1. The van der Waals surface area contributed by atoms with Crippen LogP contribution in [0.4, 0.5) is 0 Å². The maximum absolute atomic E-state index is 6.06. The molecule has 2 aromatic rings. The van der Waals surface area contributed by atoms with Crippen LogP contribution in [0.2, 0.25) is 10.4 Å². The molecule has 0 radical (unpaired) electrons. The first-order valence-corrected chi connectivity index (χ1v) is 6.03. The SMILES string of the molecule is CCOCCn1nc(C)c2nc(Cl)nc(Cl)c21. The van der Waals surface area contributed by atoms with Gasteiger partial charge in [-0.25, -0.2) is 9.97 Å². The van der Waals surface area contributed by atoms with Gasteiger partial charge >= 0.3 is 0 Å². The number of nitrogens with zero attached hydrogens (tertiary/aromatic N) is 4. The Morgan fingerprint density at radius 2 is 2.06 bits per heavy atom. The summed E-state index contributed by atoms with van der Waals surface area (Å²) in [6.07, 6.45) is 0. The van der Waals surface area contributed by atoms with Crippen LogP contribution in [0.1, 0.15) is 12.6 Å². The highest BCUT2D eigenvalue weighted by molar-refractivity contribution is 6.35. The highest BCUT2D eigenvalue weighted by atomic mass is 35.5. The number of hydrogen-bond donors (Lipinski definition) is 0. The summed E-state index contributed by atoms with van der Waals surface area (Å²) in [4.78, 5) is 8.05. The number of ether oxygens (including phenoxy) is 1. The normalized spacial score (nSPS) is 11.3. The van der Waals surface area contributed by atoms with E-state index in [0.717, 1.165) is 5.69 Å². The smallest absolute Gasteiger partial charge is 0.224 e. The van der Waals surface area contributed by atoms with Crippen molar-refractivity contribution in [3.05, 3.63) is 16.1 Å². The van der Waals surface area contributed by atoms with Crippen molar-refractivity contribution >= 4 is 34.2 Å². The lowest BCUT2D eigenvalue weighted by molar-refractivity contribution is 0.137. The van der Waals surface area contributed by atoms with Gasteiger partial charge in [-0.15, -0.1) is 0 Å². The number of hydrogen-bond acceptors (Lipinski definition) is 4. The minimum atomic E-state index is 0.134. The van der Waals surface area contributed by atoms with E-state index < -0.39 is 0 Å². The van der Waals surface area contributed by atoms with Crippen molar-refractivity contribution in [3.63, 3.8) is 0 Å². The molecule has 92 valence electrons. The van der Waals surface area contributed by atoms with E-state index in [1.807, 2.05) is 13.8 Å². The van der Waals surface area contributed by atoms with E-state index in [4.69, 9.17) is 27.9 Å². The third kappa shape index (κ3) is 2.51. The molecule has 0 aliphatic heterocycles. The van der Waals surface area contributed by atoms with Gasteiger partial charge in [-0.3, -0.25) is 4.68 Å². The largest absolute Gasteiger partial charge is 0.380 e. The molecule has 5 nitrogen and oxygen atoms in total. The van der Waals surface area contributed by atoms with Crippen molar-refractivity contribution in [2.24, 2.45) is 0 Å². The fourth-order valence-electron chi connectivity index (χ4n) is 1.62. The molecule has 0 saturated carbocycles. The minimum absolute atomic E-state index is 0.134. The van der Waals surface area contributed by atoms with Crippen LogP contribution < -0.4 is 0 Å². The van der Waals surface area contributed by atoms with Gasteiger partial charge in [-0.2, -0.15) is 5.10 Å². The maximum atomic E-state index is 6.06. The third-order valence-electron chi connectivity index (χ3n) is 2.34. The second kappa shape index (κ2) is 5.16. The molecule has 0 amide bonds. The summed E-state index contributed by atoms with van der Waals surface area (Å²) >= 11 is 11.8. The van der Waals surface area contributed by atoms with Crippen LogP contribution in [0.15, 0.2) is 0 Å². The Bertz CT molecular complexity index is 541. The first-order chi connectivity index (χ1) is 8.13. The molecule has 2 heterocycles. The van der Waals surface area contributed by atoms with Crippen molar-refractivity contribution in [1.82, 2.24) is 19.7 Å². The van der Waals surface area contributed by atoms with Crippen LogP contribution in [-0.4, -0.2) is 33.0 Å². The summed E-state index contributed by atoms with van der Waals surface area (Å²) in [6.45, 7) is 5.67. The zero-order valence-electron chi connectivity index (χ0n) is 9.57. The molecule has 0 saturated heterocycles. The number of aryl methyl sites for hydroxylation is 1. The van der Waals surface area contributed by atoms with E-state index in [1.54, 1.807) is 4.68 Å². The van der Waals surface area contributed by atoms with Crippen molar-refractivity contribution < 1.29 is 4.74 Å². The summed E-state index contributed by atoms with van der Waals surface area (Å²) in [5.74, 6) is 0. The quantitative estimate of drug-likeness (QED) is 0.488. The van der Waals surface area contributed by atoms with Crippen LogP contribution in [-0.2, 0) is 11.3 Å². The summed E-state index contributed by atoms with van der Waals surface area (Å²) in [6, 6.07) is 0. The third-order valence-corrected chi connectivity index (χ3v) is 2.77. The molecule has 0 atom stereocenters. The lowest BCUT2D eigenvalue weighted by Crippen LogP contribution is -2.07. The molecule has 17 heavy (non-hydrogen) atoms. The van der Waals surface area contributed by atoms with E-state index in [9.17, 15) is 0 Å². The Labute approximate surface area is 109 Å². The number of aromatic nitrogens is 4. The van der Waals surface area contributed by atoms with E-state index in [-0.39, 0.29) is 5.28 Å².